The molecular formula is C11H15N3O. The molecule has 1 aromatic carbocycles. The Morgan fingerprint density at radius 3 is 3.00 bits per heavy atom. The Kier molecular flexibility index (Phi) is 2.49. The molecule has 80 valence electrons. The molecule has 0 radical (unpaired) electrons. The smallest absolute Gasteiger partial charge is 0.295 e. The fourth-order valence-electron chi connectivity index (χ4n) is 1.34. The summed E-state index contributed by atoms with van der Waals surface area (Å²) in [5, 5.41) is 3.17. The molecule has 15 heavy (non-hydrogen) atoms. The molecule has 0 amide bonds. The van der Waals surface area contributed by atoms with E-state index in [1.165, 1.54) is 0 Å². The zero-order chi connectivity index (χ0) is 10.8. The molecule has 2 aromatic rings. The van der Waals surface area contributed by atoms with Crippen LogP contribution in [0.5, 0.6) is 0 Å². The van der Waals surface area contributed by atoms with Crippen LogP contribution >= 0.6 is 0 Å². The predicted octanol–water partition coefficient (Wildman–Crippen LogP) is 2.62. The largest absolute Gasteiger partial charge is 0.423 e. The number of aromatic nitrogens is 1. The summed E-state index contributed by atoms with van der Waals surface area (Å²) in [5.74, 6) is 0. The Balaban J connectivity index is 2.35. The van der Waals surface area contributed by atoms with Crippen LogP contribution in [0.15, 0.2) is 22.6 Å². The third-order valence-corrected chi connectivity index (χ3v) is 2.43. The van der Waals surface area contributed by atoms with Gasteiger partial charge in [-0.25, -0.2) is 0 Å². The van der Waals surface area contributed by atoms with E-state index in [9.17, 15) is 0 Å². The first-order chi connectivity index (χ1) is 7.20. The Morgan fingerprint density at radius 1 is 1.53 bits per heavy atom. The molecule has 1 atom stereocenters. The van der Waals surface area contributed by atoms with Gasteiger partial charge in [-0.05, 0) is 25.5 Å². The average Bonchev–Trinajstić information content (AvgIpc) is 2.62. The van der Waals surface area contributed by atoms with Gasteiger partial charge in [0.05, 0.1) is 5.69 Å². The molecule has 0 aliphatic carbocycles. The van der Waals surface area contributed by atoms with Crippen LogP contribution in [0.4, 0.5) is 11.7 Å². The monoisotopic (exact) mass is 205 g/mol. The van der Waals surface area contributed by atoms with E-state index in [-0.39, 0.29) is 0 Å². The lowest BCUT2D eigenvalue weighted by Crippen LogP contribution is -2.13. The van der Waals surface area contributed by atoms with E-state index in [1.54, 1.807) is 0 Å². The zero-order valence-corrected chi connectivity index (χ0v) is 8.95. The maximum absolute atomic E-state index is 5.78. The minimum Gasteiger partial charge on any atom is -0.423 e. The van der Waals surface area contributed by atoms with E-state index in [2.05, 4.69) is 24.1 Å². The van der Waals surface area contributed by atoms with Crippen molar-refractivity contribution in [1.82, 2.24) is 4.98 Å². The van der Waals surface area contributed by atoms with Crippen molar-refractivity contribution in [2.75, 3.05) is 11.1 Å². The molecule has 0 spiro atoms. The Hall–Kier alpha value is -1.71. The SMILES string of the molecule is CCC(C)Nc1nc2c(N)cccc2o1. The van der Waals surface area contributed by atoms with Crippen LogP contribution in [0.1, 0.15) is 20.3 Å². The normalized spacial score (nSPS) is 12.9. The zero-order valence-electron chi connectivity index (χ0n) is 8.95. The minimum atomic E-state index is 0.347. The molecule has 1 unspecified atom stereocenters. The van der Waals surface area contributed by atoms with Crippen LogP contribution in [0, 0.1) is 0 Å². The van der Waals surface area contributed by atoms with Crippen molar-refractivity contribution in [1.29, 1.82) is 0 Å². The standard InChI is InChI=1S/C11H15N3O/c1-3-7(2)13-11-14-10-8(12)5-4-6-9(10)15-11/h4-7H,3,12H2,1-2H3,(H,13,14). The predicted molar refractivity (Wildman–Crippen MR) is 61.8 cm³/mol. The van der Waals surface area contributed by atoms with Gasteiger partial charge in [0.25, 0.3) is 6.01 Å². The second-order valence-electron chi connectivity index (χ2n) is 3.67. The molecule has 0 bridgehead atoms. The maximum atomic E-state index is 5.78. The van der Waals surface area contributed by atoms with Crippen LogP contribution in [0.2, 0.25) is 0 Å². The first kappa shape index (κ1) is 9.83. The topological polar surface area (TPSA) is 64.1 Å². The lowest BCUT2D eigenvalue weighted by Gasteiger charge is -2.07. The molecule has 1 aromatic heterocycles. The summed E-state index contributed by atoms with van der Waals surface area (Å²) in [4.78, 5) is 4.30. The van der Waals surface area contributed by atoms with E-state index in [4.69, 9.17) is 10.2 Å². The number of nitrogens with one attached hydrogen (secondary N) is 1. The highest BCUT2D eigenvalue weighted by atomic mass is 16.4. The molecule has 0 saturated heterocycles. The van der Waals surface area contributed by atoms with Crippen molar-refractivity contribution in [2.45, 2.75) is 26.3 Å². The van der Waals surface area contributed by atoms with Crippen LogP contribution in [0.3, 0.4) is 0 Å². The second-order valence-corrected chi connectivity index (χ2v) is 3.67. The summed E-state index contributed by atoms with van der Waals surface area (Å²) in [7, 11) is 0. The highest BCUT2D eigenvalue weighted by Gasteiger charge is 2.09. The third-order valence-electron chi connectivity index (χ3n) is 2.43. The number of nitrogens with two attached hydrogens (primary N) is 1. The van der Waals surface area contributed by atoms with Gasteiger partial charge in [-0.15, -0.1) is 0 Å². The van der Waals surface area contributed by atoms with Crippen molar-refractivity contribution in [2.24, 2.45) is 0 Å². The molecule has 3 N–H and O–H groups in total. The molecule has 0 fully saturated rings. The van der Waals surface area contributed by atoms with Gasteiger partial charge in [0.2, 0.25) is 0 Å². The Morgan fingerprint density at radius 2 is 2.33 bits per heavy atom. The summed E-state index contributed by atoms with van der Waals surface area (Å²) < 4.78 is 5.52. The number of nitrogen functional groups attached to an aromatic ring is 1. The summed E-state index contributed by atoms with van der Waals surface area (Å²) in [5.41, 5.74) is 7.88. The van der Waals surface area contributed by atoms with Gasteiger partial charge in [-0.3, -0.25) is 0 Å². The van der Waals surface area contributed by atoms with Crippen LogP contribution in [-0.4, -0.2) is 11.0 Å². The van der Waals surface area contributed by atoms with E-state index >= 15 is 0 Å². The first-order valence-corrected chi connectivity index (χ1v) is 5.12. The number of hydrogen-bond acceptors (Lipinski definition) is 4. The van der Waals surface area contributed by atoms with Gasteiger partial charge in [0.1, 0.15) is 5.52 Å². The molecule has 0 aliphatic rings. The number of fused-ring (bicyclic) bond motifs is 1. The van der Waals surface area contributed by atoms with Gasteiger partial charge in [0.15, 0.2) is 5.58 Å². The van der Waals surface area contributed by atoms with E-state index in [0.717, 1.165) is 17.5 Å². The van der Waals surface area contributed by atoms with Gasteiger partial charge in [-0.1, -0.05) is 13.0 Å². The molecular weight excluding hydrogens is 190 g/mol. The minimum absolute atomic E-state index is 0.347. The van der Waals surface area contributed by atoms with Crippen molar-refractivity contribution >= 4 is 22.8 Å². The summed E-state index contributed by atoms with van der Waals surface area (Å²) in [6, 6.07) is 6.42. The highest BCUT2D eigenvalue weighted by molar-refractivity contribution is 5.86. The number of anilines is 2. The number of para-hydroxylation sites is 1. The average molecular weight is 205 g/mol. The van der Waals surface area contributed by atoms with Crippen LogP contribution in [0.25, 0.3) is 11.1 Å². The summed E-state index contributed by atoms with van der Waals surface area (Å²) in [6.07, 6.45) is 1.02. The molecule has 2 rings (SSSR count). The Labute approximate surface area is 88.5 Å². The molecule has 4 heteroatoms. The van der Waals surface area contributed by atoms with Gasteiger partial charge in [0, 0.05) is 6.04 Å². The van der Waals surface area contributed by atoms with Crippen molar-refractivity contribution < 1.29 is 4.42 Å². The molecule has 4 nitrogen and oxygen atoms in total. The van der Waals surface area contributed by atoms with Gasteiger partial charge in [-0.2, -0.15) is 4.98 Å². The fraction of sp³-hybridized carbons (Fsp3) is 0.364. The van der Waals surface area contributed by atoms with E-state index in [1.807, 2.05) is 18.2 Å². The number of rotatable bonds is 3. The number of oxazole rings is 1. The third kappa shape index (κ3) is 1.88. The van der Waals surface area contributed by atoms with E-state index < -0.39 is 0 Å². The second kappa shape index (κ2) is 3.81. The van der Waals surface area contributed by atoms with E-state index in [0.29, 0.717) is 17.7 Å². The number of nitrogens with zero attached hydrogens (tertiary/aromatic N) is 1. The van der Waals surface area contributed by atoms with Crippen LogP contribution in [-0.2, 0) is 0 Å². The number of hydrogen-bond donors (Lipinski definition) is 2. The number of benzene rings is 1. The molecule has 0 saturated carbocycles. The van der Waals surface area contributed by atoms with Gasteiger partial charge >= 0.3 is 0 Å². The van der Waals surface area contributed by atoms with Crippen molar-refractivity contribution in [3.63, 3.8) is 0 Å². The lowest BCUT2D eigenvalue weighted by atomic mass is 10.3. The summed E-state index contributed by atoms with van der Waals surface area (Å²) >= 11 is 0. The fourth-order valence-corrected chi connectivity index (χ4v) is 1.34. The van der Waals surface area contributed by atoms with Crippen LogP contribution < -0.4 is 11.1 Å². The molecule has 0 aliphatic heterocycles. The highest BCUT2D eigenvalue weighted by Crippen LogP contribution is 2.23. The van der Waals surface area contributed by atoms with Crippen molar-refractivity contribution in [3.8, 4) is 0 Å². The summed E-state index contributed by atoms with van der Waals surface area (Å²) in [6.45, 7) is 4.19. The lowest BCUT2D eigenvalue weighted by molar-refractivity contribution is 0.596. The van der Waals surface area contributed by atoms with Crippen molar-refractivity contribution in [3.05, 3.63) is 18.2 Å². The molecule has 1 heterocycles. The Bertz CT molecular complexity index is 464. The maximum Gasteiger partial charge on any atom is 0.295 e. The van der Waals surface area contributed by atoms with Gasteiger partial charge < -0.3 is 15.5 Å². The first-order valence-electron chi connectivity index (χ1n) is 5.12. The quantitative estimate of drug-likeness (QED) is 0.756.